The molecule has 0 unspecified atom stereocenters. The van der Waals surface area contributed by atoms with Gasteiger partial charge in [-0.2, -0.15) is 15.1 Å². The van der Waals surface area contributed by atoms with Gasteiger partial charge in [0, 0.05) is 12.6 Å². The quantitative estimate of drug-likeness (QED) is 0.190. The molecule has 1 aliphatic heterocycles. The number of nitrogens with zero attached hydrogens (tertiary/aromatic N) is 4. The van der Waals surface area contributed by atoms with Crippen molar-refractivity contribution in [2.75, 3.05) is 17.4 Å². The molecule has 1 saturated heterocycles. The highest BCUT2D eigenvalue weighted by atomic mass is 35.5. The molecule has 184 valence electrons. The van der Waals surface area contributed by atoms with E-state index in [2.05, 4.69) is 20.4 Å². The zero-order valence-electron chi connectivity index (χ0n) is 17.2. The number of halogens is 1. The van der Waals surface area contributed by atoms with E-state index in [1.807, 2.05) is 4.72 Å². The second kappa shape index (κ2) is 9.32. The Bertz CT molecular complexity index is 1170. The molecule has 2 aliphatic rings. The summed E-state index contributed by atoms with van der Waals surface area (Å²) in [5.74, 6) is 0.484. The number of fused-ring (bicyclic) bond motifs is 1. The first-order valence-electron chi connectivity index (χ1n) is 10.1. The molecule has 2 aromatic rings. The summed E-state index contributed by atoms with van der Waals surface area (Å²) in [7, 11) is -9.18. The maximum atomic E-state index is 11.8. The van der Waals surface area contributed by atoms with E-state index in [1.165, 1.54) is 10.9 Å². The summed E-state index contributed by atoms with van der Waals surface area (Å²) in [6, 6.07) is 0.239. The summed E-state index contributed by atoms with van der Waals surface area (Å²) >= 11 is 6.09. The second-order valence-corrected chi connectivity index (χ2v) is 12.3. The summed E-state index contributed by atoms with van der Waals surface area (Å²) in [5, 5.41) is 28.9. The van der Waals surface area contributed by atoms with Crippen LogP contribution in [0.3, 0.4) is 0 Å². The lowest BCUT2D eigenvalue weighted by molar-refractivity contribution is -0.0400. The monoisotopic (exact) mass is 526 g/mol. The number of hydrogen-bond acceptors (Lipinski definition) is 10. The van der Waals surface area contributed by atoms with Crippen molar-refractivity contribution in [3.05, 3.63) is 11.5 Å². The van der Waals surface area contributed by atoms with E-state index in [1.54, 1.807) is 0 Å². The SMILES string of the molecule is O=P(O)(O)CS(=O)(=O)NC[C@H]1O[C@@H](n2ncc3c(NC4CCCC4)nc(Cl)nc32)[C@H](O)[C@@H]1O. The van der Waals surface area contributed by atoms with Gasteiger partial charge >= 0.3 is 7.60 Å². The van der Waals surface area contributed by atoms with Gasteiger partial charge in [-0.3, -0.25) is 4.57 Å². The average molecular weight is 527 g/mol. The van der Waals surface area contributed by atoms with E-state index in [0.717, 1.165) is 25.7 Å². The molecule has 0 spiro atoms. The standard InChI is InChI=1S/C16H24ClN6O8PS/c17-16-21-13(20-8-3-1-2-4-8)9-5-18-23(14(9)22-16)15-12(25)11(24)10(31-15)6-19-33(29,30)7-32(26,27)28/h5,8,10-12,15,19,24-25H,1-4,6-7H2,(H,20,21,22)(H2,26,27,28)/t10-,11-,12-,15-/m1/s1. The van der Waals surface area contributed by atoms with E-state index in [4.69, 9.17) is 26.1 Å². The fraction of sp³-hybridized carbons (Fsp3) is 0.688. The number of hydrogen-bond donors (Lipinski definition) is 6. The largest absolute Gasteiger partial charge is 0.387 e. The van der Waals surface area contributed by atoms with Gasteiger partial charge in [0.05, 0.1) is 11.6 Å². The van der Waals surface area contributed by atoms with Crippen molar-refractivity contribution in [2.24, 2.45) is 0 Å². The average Bonchev–Trinajstić information content (AvgIpc) is 3.40. The van der Waals surface area contributed by atoms with Gasteiger partial charge in [-0.25, -0.2) is 17.8 Å². The lowest BCUT2D eigenvalue weighted by Gasteiger charge is -2.17. The molecular formula is C16H24ClN6O8PS. The first-order chi connectivity index (χ1) is 15.4. The Kier molecular flexibility index (Phi) is 6.98. The van der Waals surface area contributed by atoms with Gasteiger partial charge in [0.1, 0.15) is 24.1 Å². The second-order valence-electron chi connectivity index (χ2n) is 8.10. The lowest BCUT2D eigenvalue weighted by Crippen LogP contribution is -2.40. The van der Waals surface area contributed by atoms with Crippen molar-refractivity contribution in [3.8, 4) is 0 Å². The van der Waals surface area contributed by atoms with Gasteiger partial charge in [0.15, 0.2) is 17.4 Å². The van der Waals surface area contributed by atoms with Gasteiger partial charge in [-0.1, -0.05) is 12.8 Å². The predicted octanol–water partition coefficient (Wildman–Crippen LogP) is -0.492. The maximum absolute atomic E-state index is 11.8. The van der Waals surface area contributed by atoms with Crippen LogP contribution in [0.25, 0.3) is 11.0 Å². The summed E-state index contributed by atoms with van der Waals surface area (Å²) in [6.45, 7) is -0.527. The fourth-order valence-electron chi connectivity index (χ4n) is 4.03. The molecule has 2 aromatic heterocycles. The van der Waals surface area contributed by atoms with Crippen molar-refractivity contribution in [1.82, 2.24) is 24.5 Å². The molecule has 0 bridgehead atoms. The van der Waals surface area contributed by atoms with E-state index >= 15 is 0 Å². The zero-order chi connectivity index (χ0) is 24.0. The van der Waals surface area contributed by atoms with E-state index < -0.39 is 54.2 Å². The van der Waals surface area contributed by atoms with Gasteiger partial charge in [-0.15, -0.1) is 0 Å². The van der Waals surface area contributed by atoms with Crippen LogP contribution in [0.5, 0.6) is 0 Å². The summed E-state index contributed by atoms with van der Waals surface area (Å²) in [6.07, 6.45) is 0.229. The molecule has 1 saturated carbocycles. The minimum atomic E-state index is -4.83. The lowest BCUT2D eigenvalue weighted by atomic mass is 10.1. The molecule has 33 heavy (non-hydrogen) atoms. The van der Waals surface area contributed by atoms with Crippen LogP contribution in [0.1, 0.15) is 31.9 Å². The van der Waals surface area contributed by atoms with E-state index in [0.29, 0.717) is 11.2 Å². The molecule has 17 heteroatoms. The molecule has 4 rings (SSSR count). The van der Waals surface area contributed by atoms with Crippen LogP contribution in [0.4, 0.5) is 5.82 Å². The number of aliphatic hydroxyl groups is 2. The first-order valence-corrected chi connectivity index (χ1v) is 14.0. The zero-order valence-corrected chi connectivity index (χ0v) is 19.6. The predicted molar refractivity (Wildman–Crippen MR) is 116 cm³/mol. The minimum Gasteiger partial charge on any atom is -0.387 e. The molecule has 0 radical (unpaired) electrons. The van der Waals surface area contributed by atoms with Crippen molar-refractivity contribution in [1.29, 1.82) is 0 Å². The summed E-state index contributed by atoms with van der Waals surface area (Å²) in [5.41, 5.74) is -1.17. The van der Waals surface area contributed by atoms with Crippen LogP contribution < -0.4 is 10.0 Å². The smallest absolute Gasteiger partial charge is 0.341 e. The van der Waals surface area contributed by atoms with E-state index in [-0.39, 0.29) is 17.0 Å². The summed E-state index contributed by atoms with van der Waals surface area (Å²) in [4.78, 5) is 26.2. The molecule has 14 nitrogen and oxygen atoms in total. The Labute approximate surface area is 193 Å². The van der Waals surface area contributed by atoms with E-state index in [9.17, 15) is 23.2 Å². The Morgan fingerprint density at radius 3 is 2.58 bits per heavy atom. The number of nitrogens with one attached hydrogen (secondary N) is 2. The Hall–Kier alpha value is -1.42. The highest BCUT2D eigenvalue weighted by molar-refractivity contribution is 7.95. The van der Waals surface area contributed by atoms with Crippen LogP contribution in [0.2, 0.25) is 5.28 Å². The molecule has 4 atom stereocenters. The van der Waals surface area contributed by atoms with Crippen molar-refractivity contribution in [2.45, 2.75) is 56.3 Å². The normalized spacial score (nSPS) is 26.9. The van der Waals surface area contributed by atoms with Crippen molar-refractivity contribution < 1.29 is 37.7 Å². The molecule has 6 N–H and O–H groups in total. The van der Waals surface area contributed by atoms with Crippen LogP contribution in [0, 0.1) is 0 Å². The topological polar surface area (TPSA) is 209 Å². The fourth-order valence-corrected chi connectivity index (χ4v) is 6.75. The molecular weight excluding hydrogens is 503 g/mol. The Balaban J connectivity index is 1.53. The number of anilines is 1. The van der Waals surface area contributed by atoms with Gasteiger partial charge in [0.25, 0.3) is 0 Å². The Morgan fingerprint density at radius 2 is 1.91 bits per heavy atom. The van der Waals surface area contributed by atoms with Crippen LogP contribution in [-0.2, 0) is 19.3 Å². The number of aromatic nitrogens is 4. The van der Waals surface area contributed by atoms with Crippen molar-refractivity contribution >= 4 is 46.1 Å². The van der Waals surface area contributed by atoms with Gasteiger partial charge < -0.3 is 30.1 Å². The summed E-state index contributed by atoms with van der Waals surface area (Å²) < 4.78 is 43.5. The highest BCUT2D eigenvalue weighted by Crippen LogP contribution is 2.36. The van der Waals surface area contributed by atoms with Crippen molar-refractivity contribution in [3.63, 3.8) is 0 Å². The number of rotatable bonds is 8. The van der Waals surface area contributed by atoms with Crippen LogP contribution >= 0.6 is 19.2 Å². The molecule has 3 heterocycles. The molecule has 0 aromatic carbocycles. The minimum absolute atomic E-state index is 0.0560. The molecule has 1 aliphatic carbocycles. The molecule has 2 fully saturated rings. The van der Waals surface area contributed by atoms with Gasteiger partial charge in [0.2, 0.25) is 15.3 Å². The highest BCUT2D eigenvalue weighted by Gasteiger charge is 2.45. The number of sulfonamides is 1. The molecule has 0 amide bonds. The number of aliphatic hydroxyl groups excluding tert-OH is 2. The first kappa shape index (κ1) is 24.7. The number of ether oxygens (including phenoxy) is 1. The third-order valence-corrected chi connectivity index (χ3v) is 9.02. The van der Waals surface area contributed by atoms with Gasteiger partial charge in [-0.05, 0) is 24.4 Å². The third kappa shape index (κ3) is 5.63. The maximum Gasteiger partial charge on any atom is 0.341 e. The third-order valence-electron chi connectivity index (χ3n) is 5.54. The Morgan fingerprint density at radius 1 is 1.21 bits per heavy atom. The van der Waals surface area contributed by atoms with Crippen LogP contribution in [0.15, 0.2) is 6.20 Å². The van der Waals surface area contributed by atoms with Crippen LogP contribution in [-0.4, -0.2) is 84.6 Å².